The molecule has 2 aliphatic rings. The van der Waals surface area contributed by atoms with E-state index in [9.17, 15) is 0 Å². The summed E-state index contributed by atoms with van der Waals surface area (Å²) in [4.78, 5) is 15.5. The van der Waals surface area contributed by atoms with Crippen LogP contribution in [0.15, 0.2) is 176 Å². The van der Waals surface area contributed by atoms with E-state index >= 15 is 0 Å². The van der Waals surface area contributed by atoms with Crippen LogP contribution in [-0.4, -0.2) is 15.0 Å². The van der Waals surface area contributed by atoms with Crippen LogP contribution in [0.3, 0.4) is 0 Å². The van der Waals surface area contributed by atoms with Gasteiger partial charge in [0.15, 0.2) is 5.82 Å². The lowest BCUT2D eigenvalue weighted by Gasteiger charge is -2.30. The van der Waals surface area contributed by atoms with Gasteiger partial charge in [0.25, 0.3) is 0 Å². The van der Waals surface area contributed by atoms with Crippen molar-refractivity contribution >= 4 is 37.9 Å². The zero-order valence-electron chi connectivity index (χ0n) is 27.2. The molecule has 2 unspecified atom stereocenters. The summed E-state index contributed by atoms with van der Waals surface area (Å²) < 4.78 is 0. The zero-order chi connectivity index (χ0) is 33.0. The molecule has 8 aromatic rings. The van der Waals surface area contributed by atoms with E-state index in [4.69, 9.17) is 15.0 Å². The predicted octanol–water partition coefficient (Wildman–Crippen LogP) is 11.6. The van der Waals surface area contributed by atoms with Gasteiger partial charge >= 0.3 is 0 Å². The summed E-state index contributed by atoms with van der Waals surface area (Å²) in [6, 6.07) is 49.6. The summed E-state index contributed by atoms with van der Waals surface area (Å²) in [7, 11) is 0. The van der Waals surface area contributed by atoms with Gasteiger partial charge < -0.3 is 0 Å². The normalized spacial score (nSPS) is 16.4. The van der Waals surface area contributed by atoms with Gasteiger partial charge in [-0.1, -0.05) is 152 Å². The molecule has 0 fully saturated rings. The molecule has 6 aromatic carbocycles. The average molecular weight is 638 g/mol. The summed E-state index contributed by atoms with van der Waals surface area (Å²) in [5.41, 5.74) is 9.64. The summed E-state index contributed by atoms with van der Waals surface area (Å²) in [5.74, 6) is 1.29. The molecule has 0 radical (unpaired) electrons. The molecule has 0 amide bonds. The highest BCUT2D eigenvalue weighted by Crippen LogP contribution is 2.44. The van der Waals surface area contributed by atoms with E-state index in [1.165, 1.54) is 38.1 Å². The molecule has 2 atom stereocenters. The van der Waals surface area contributed by atoms with Gasteiger partial charge in [-0.3, -0.25) is 4.98 Å². The SMILES string of the molecule is C1=CC2C=C(c3cc(-c4cc5ccccc5c5ccccc45)nc(-c4ccc(-c5nccc6ccccc56)cc4)n3)c3ccccc3C2C=C1. The van der Waals surface area contributed by atoms with Crippen LogP contribution in [0.4, 0.5) is 0 Å². The van der Waals surface area contributed by atoms with Crippen molar-refractivity contribution in [2.45, 2.75) is 5.92 Å². The first-order chi connectivity index (χ1) is 24.8. The van der Waals surface area contributed by atoms with E-state index in [1.807, 2.05) is 6.20 Å². The molecule has 0 aliphatic heterocycles. The molecule has 10 rings (SSSR count). The van der Waals surface area contributed by atoms with Crippen molar-refractivity contribution in [3.8, 4) is 33.9 Å². The molecule has 2 aromatic heterocycles. The van der Waals surface area contributed by atoms with Crippen LogP contribution in [-0.2, 0) is 0 Å². The zero-order valence-corrected chi connectivity index (χ0v) is 27.2. The highest BCUT2D eigenvalue weighted by atomic mass is 14.9. The van der Waals surface area contributed by atoms with Crippen LogP contribution >= 0.6 is 0 Å². The Labute approximate surface area is 290 Å². The lowest BCUT2D eigenvalue weighted by molar-refractivity contribution is 0.688. The average Bonchev–Trinajstić information content (AvgIpc) is 3.20. The van der Waals surface area contributed by atoms with Gasteiger partial charge in [-0.05, 0) is 56.3 Å². The van der Waals surface area contributed by atoms with E-state index in [2.05, 4.69) is 170 Å². The van der Waals surface area contributed by atoms with Crippen molar-refractivity contribution in [1.82, 2.24) is 15.0 Å². The number of benzene rings is 6. The second kappa shape index (κ2) is 11.6. The van der Waals surface area contributed by atoms with Crippen molar-refractivity contribution in [1.29, 1.82) is 0 Å². The van der Waals surface area contributed by atoms with Gasteiger partial charge in [0.1, 0.15) is 0 Å². The Kier molecular flexibility index (Phi) is 6.63. The Bertz CT molecular complexity index is 2710. The maximum Gasteiger partial charge on any atom is 0.160 e. The van der Waals surface area contributed by atoms with Crippen molar-refractivity contribution in [3.63, 3.8) is 0 Å². The Morgan fingerprint density at radius 2 is 1.16 bits per heavy atom. The van der Waals surface area contributed by atoms with E-state index in [-0.39, 0.29) is 5.92 Å². The van der Waals surface area contributed by atoms with Gasteiger partial charge in [-0.25, -0.2) is 9.97 Å². The molecule has 0 saturated heterocycles. The molecule has 0 bridgehead atoms. The first-order valence-corrected chi connectivity index (χ1v) is 17.2. The number of rotatable bonds is 4. The number of pyridine rings is 1. The minimum absolute atomic E-state index is 0.265. The second-order valence-electron chi connectivity index (χ2n) is 13.2. The topological polar surface area (TPSA) is 38.7 Å². The van der Waals surface area contributed by atoms with Gasteiger partial charge in [-0.15, -0.1) is 0 Å². The van der Waals surface area contributed by atoms with Crippen LogP contribution in [0.1, 0.15) is 22.7 Å². The standard InChI is InChI=1S/C47H31N3/c1-6-16-37-30(11-1)25-26-48-46(37)31-21-23-32(24-22-31)47-49-44(42-27-33-12-2-4-14-35(33)38-17-7-9-19-40(38)42)29-45(50-47)43-28-34-13-3-5-15-36(34)39-18-8-10-20-41(39)43/h1-29,33,35H. The number of aromatic nitrogens is 3. The van der Waals surface area contributed by atoms with Crippen molar-refractivity contribution in [2.75, 3.05) is 0 Å². The second-order valence-corrected chi connectivity index (χ2v) is 13.2. The predicted molar refractivity (Wildman–Crippen MR) is 207 cm³/mol. The fraction of sp³-hybridized carbons (Fsp3) is 0.0426. The number of hydrogen-bond acceptors (Lipinski definition) is 3. The lowest BCUT2D eigenvalue weighted by atomic mass is 9.74. The number of fused-ring (bicyclic) bond motifs is 7. The minimum Gasteiger partial charge on any atom is -0.256 e. The number of hydrogen-bond donors (Lipinski definition) is 0. The molecule has 0 N–H and O–H groups in total. The molecule has 234 valence electrons. The monoisotopic (exact) mass is 637 g/mol. The number of allylic oxidation sites excluding steroid dienone is 5. The van der Waals surface area contributed by atoms with Gasteiger partial charge in [0, 0.05) is 45.7 Å². The molecule has 3 heteroatoms. The van der Waals surface area contributed by atoms with Crippen LogP contribution in [0.25, 0.3) is 71.8 Å². The van der Waals surface area contributed by atoms with Gasteiger partial charge in [0.2, 0.25) is 0 Å². The molecule has 2 aliphatic carbocycles. The third kappa shape index (κ3) is 4.70. The summed E-state index contributed by atoms with van der Waals surface area (Å²) in [5, 5.41) is 7.15. The highest BCUT2D eigenvalue weighted by Gasteiger charge is 2.29. The molecule has 0 saturated carbocycles. The Hall–Kier alpha value is -6.45. The van der Waals surface area contributed by atoms with Crippen LogP contribution in [0.5, 0.6) is 0 Å². The largest absolute Gasteiger partial charge is 0.256 e. The molecule has 2 heterocycles. The van der Waals surface area contributed by atoms with Gasteiger partial charge in [0.05, 0.1) is 17.1 Å². The fourth-order valence-corrected chi connectivity index (χ4v) is 7.88. The van der Waals surface area contributed by atoms with Crippen LogP contribution < -0.4 is 0 Å². The Balaban J connectivity index is 1.19. The lowest BCUT2D eigenvalue weighted by Crippen LogP contribution is -2.16. The van der Waals surface area contributed by atoms with E-state index in [0.717, 1.165) is 44.7 Å². The molecule has 50 heavy (non-hydrogen) atoms. The van der Waals surface area contributed by atoms with Crippen LogP contribution in [0.2, 0.25) is 0 Å². The number of nitrogens with zero attached hydrogens (tertiary/aromatic N) is 3. The quantitative estimate of drug-likeness (QED) is 0.180. The third-order valence-electron chi connectivity index (χ3n) is 10.3. The molecule has 3 nitrogen and oxygen atoms in total. The minimum atomic E-state index is 0.265. The first-order valence-electron chi connectivity index (χ1n) is 17.2. The van der Waals surface area contributed by atoms with Gasteiger partial charge in [-0.2, -0.15) is 0 Å². The van der Waals surface area contributed by atoms with Crippen molar-refractivity contribution in [2.24, 2.45) is 5.92 Å². The fourth-order valence-electron chi connectivity index (χ4n) is 7.88. The maximum atomic E-state index is 5.35. The molecule has 0 spiro atoms. The van der Waals surface area contributed by atoms with E-state index < -0.39 is 0 Å². The van der Waals surface area contributed by atoms with E-state index in [1.54, 1.807) is 0 Å². The van der Waals surface area contributed by atoms with Crippen molar-refractivity contribution < 1.29 is 0 Å². The summed E-state index contributed by atoms with van der Waals surface area (Å²) in [6.07, 6.45) is 13.2. The first kappa shape index (κ1) is 28.6. The smallest absolute Gasteiger partial charge is 0.160 e. The van der Waals surface area contributed by atoms with Crippen LogP contribution in [0, 0.1) is 5.92 Å². The van der Waals surface area contributed by atoms with Crippen molar-refractivity contribution in [3.05, 3.63) is 193 Å². The van der Waals surface area contributed by atoms with E-state index in [0.29, 0.717) is 11.7 Å². The highest BCUT2D eigenvalue weighted by molar-refractivity contribution is 6.13. The maximum absolute atomic E-state index is 5.35. The molecular formula is C47H31N3. The Morgan fingerprint density at radius 1 is 0.480 bits per heavy atom. The summed E-state index contributed by atoms with van der Waals surface area (Å²) in [6.45, 7) is 0. The molecular weight excluding hydrogens is 607 g/mol. The Morgan fingerprint density at radius 3 is 2.04 bits per heavy atom. The third-order valence-corrected chi connectivity index (χ3v) is 10.3. The summed E-state index contributed by atoms with van der Waals surface area (Å²) >= 11 is 0.